The third-order valence-electron chi connectivity index (χ3n) is 2.04. The fourth-order valence-corrected chi connectivity index (χ4v) is 1.70. The Kier molecular flexibility index (Phi) is 3.43. The van der Waals surface area contributed by atoms with Gasteiger partial charge in [-0.05, 0) is 6.92 Å². The maximum atomic E-state index is 10.4. The predicted molar refractivity (Wildman–Crippen MR) is 62.8 cm³/mol. The van der Waals surface area contributed by atoms with Gasteiger partial charge in [0, 0.05) is 5.56 Å². The van der Waals surface area contributed by atoms with Crippen molar-refractivity contribution < 1.29 is 14.4 Å². The average Bonchev–Trinajstić information content (AvgIpc) is 2.76. The first-order valence-electron chi connectivity index (χ1n) is 4.90. The van der Waals surface area contributed by atoms with Crippen LogP contribution in [0, 0.1) is 6.92 Å². The molecule has 0 amide bonds. The smallest absolute Gasteiger partial charge is 0.314 e. The third kappa shape index (κ3) is 3.07. The quantitative estimate of drug-likeness (QED) is 0.838. The van der Waals surface area contributed by atoms with Crippen LogP contribution in [-0.4, -0.2) is 27.0 Å². The van der Waals surface area contributed by atoms with E-state index in [9.17, 15) is 4.79 Å². The Labute approximate surface area is 102 Å². The van der Waals surface area contributed by atoms with Crippen LogP contribution in [0.4, 0.5) is 0 Å². The van der Waals surface area contributed by atoms with Crippen LogP contribution in [-0.2, 0) is 4.79 Å². The minimum absolute atomic E-state index is 0.0878. The normalized spacial score (nSPS) is 10.4. The van der Waals surface area contributed by atoms with Crippen LogP contribution in [0.15, 0.2) is 34.0 Å². The molecular weight excluding hydrogens is 240 g/mol. The van der Waals surface area contributed by atoms with Gasteiger partial charge in [-0.2, -0.15) is 4.98 Å². The molecule has 5 nitrogen and oxygen atoms in total. The Morgan fingerprint density at radius 2 is 2.12 bits per heavy atom. The van der Waals surface area contributed by atoms with Gasteiger partial charge in [0.05, 0.1) is 0 Å². The SMILES string of the molecule is Cc1ccc(-c2noc(SCC(=O)O)n2)cc1. The maximum absolute atomic E-state index is 10.4. The summed E-state index contributed by atoms with van der Waals surface area (Å²) in [6.07, 6.45) is 0. The second-order valence-electron chi connectivity index (χ2n) is 3.43. The fraction of sp³-hybridized carbons (Fsp3) is 0.182. The molecule has 0 unspecified atom stereocenters. The Balaban J connectivity index is 2.12. The highest BCUT2D eigenvalue weighted by molar-refractivity contribution is 7.99. The van der Waals surface area contributed by atoms with Gasteiger partial charge in [0.25, 0.3) is 5.22 Å². The molecule has 0 aliphatic rings. The number of aromatic nitrogens is 2. The Morgan fingerprint density at radius 3 is 2.76 bits per heavy atom. The van der Waals surface area contributed by atoms with E-state index in [-0.39, 0.29) is 11.0 Å². The van der Waals surface area contributed by atoms with E-state index in [0.717, 1.165) is 22.9 Å². The van der Waals surface area contributed by atoms with E-state index in [1.807, 2.05) is 31.2 Å². The Morgan fingerprint density at radius 1 is 1.41 bits per heavy atom. The molecule has 0 bridgehead atoms. The molecule has 1 aromatic carbocycles. The van der Waals surface area contributed by atoms with Crippen molar-refractivity contribution in [1.29, 1.82) is 0 Å². The molecule has 1 N–H and O–H groups in total. The number of benzene rings is 1. The molecule has 1 aromatic heterocycles. The number of aryl methyl sites for hydroxylation is 1. The summed E-state index contributed by atoms with van der Waals surface area (Å²) in [6, 6.07) is 7.70. The summed E-state index contributed by atoms with van der Waals surface area (Å²) in [4.78, 5) is 14.5. The molecule has 0 aliphatic carbocycles. The van der Waals surface area contributed by atoms with Crippen LogP contribution in [0.1, 0.15) is 5.56 Å². The molecule has 1 heterocycles. The Bertz CT molecular complexity index is 522. The van der Waals surface area contributed by atoms with Crippen LogP contribution in [0.3, 0.4) is 0 Å². The minimum Gasteiger partial charge on any atom is -0.481 e. The van der Waals surface area contributed by atoms with Gasteiger partial charge in [-0.1, -0.05) is 46.7 Å². The lowest BCUT2D eigenvalue weighted by Crippen LogP contribution is -1.97. The van der Waals surface area contributed by atoms with E-state index in [1.54, 1.807) is 0 Å². The largest absolute Gasteiger partial charge is 0.481 e. The van der Waals surface area contributed by atoms with Gasteiger partial charge in [-0.15, -0.1) is 0 Å². The second-order valence-corrected chi connectivity index (χ2v) is 4.36. The van der Waals surface area contributed by atoms with Gasteiger partial charge in [0.1, 0.15) is 5.75 Å². The van der Waals surface area contributed by atoms with Gasteiger partial charge in [0.2, 0.25) is 5.82 Å². The molecule has 0 atom stereocenters. The monoisotopic (exact) mass is 250 g/mol. The number of rotatable bonds is 4. The second kappa shape index (κ2) is 5.01. The summed E-state index contributed by atoms with van der Waals surface area (Å²) in [5.74, 6) is -0.529. The molecule has 0 radical (unpaired) electrons. The van der Waals surface area contributed by atoms with Crippen molar-refractivity contribution in [3.05, 3.63) is 29.8 Å². The molecule has 0 aliphatic heterocycles. The molecule has 2 rings (SSSR count). The number of carbonyl (C=O) groups is 1. The molecule has 0 saturated heterocycles. The van der Waals surface area contributed by atoms with Gasteiger partial charge in [-0.3, -0.25) is 4.79 Å². The molecule has 17 heavy (non-hydrogen) atoms. The van der Waals surface area contributed by atoms with Crippen molar-refractivity contribution in [2.24, 2.45) is 0 Å². The van der Waals surface area contributed by atoms with E-state index in [2.05, 4.69) is 10.1 Å². The molecule has 0 saturated carbocycles. The molecule has 0 fully saturated rings. The number of carboxylic acid groups (broad SMARTS) is 1. The first-order chi connectivity index (χ1) is 8.15. The van der Waals surface area contributed by atoms with E-state index in [4.69, 9.17) is 9.63 Å². The number of thioether (sulfide) groups is 1. The third-order valence-corrected chi connectivity index (χ3v) is 2.84. The fourth-order valence-electron chi connectivity index (χ4n) is 1.21. The average molecular weight is 250 g/mol. The summed E-state index contributed by atoms with van der Waals surface area (Å²) >= 11 is 1.01. The van der Waals surface area contributed by atoms with Crippen molar-refractivity contribution in [1.82, 2.24) is 10.1 Å². The number of nitrogens with zero attached hydrogens (tertiary/aromatic N) is 2. The van der Waals surface area contributed by atoms with Gasteiger partial charge >= 0.3 is 5.97 Å². The van der Waals surface area contributed by atoms with E-state index >= 15 is 0 Å². The number of hydrogen-bond donors (Lipinski definition) is 1. The lowest BCUT2D eigenvalue weighted by Gasteiger charge is -1.94. The number of aliphatic carboxylic acids is 1. The zero-order valence-corrected chi connectivity index (χ0v) is 9.90. The van der Waals surface area contributed by atoms with Gasteiger partial charge in [0.15, 0.2) is 0 Å². The van der Waals surface area contributed by atoms with Crippen molar-refractivity contribution in [2.45, 2.75) is 12.1 Å². The summed E-state index contributed by atoms with van der Waals surface area (Å²) < 4.78 is 4.94. The highest BCUT2D eigenvalue weighted by atomic mass is 32.2. The van der Waals surface area contributed by atoms with Crippen LogP contribution in [0.25, 0.3) is 11.4 Å². The molecule has 0 spiro atoms. The van der Waals surface area contributed by atoms with E-state index in [0.29, 0.717) is 5.82 Å². The zero-order chi connectivity index (χ0) is 12.3. The van der Waals surface area contributed by atoms with Crippen LogP contribution < -0.4 is 0 Å². The van der Waals surface area contributed by atoms with Crippen molar-refractivity contribution in [3.63, 3.8) is 0 Å². The predicted octanol–water partition coefficient (Wildman–Crippen LogP) is 2.22. The minimum atomic E-state index is -0.912. The van der Waals surface area contributed by atoms with Crippen LogP contribution in [0.5, 0.6) is 0 Å². The van der Waals surface area contributed by atoms with Crippen LogP contribution >= 0.6 is 11.8 Å². The van der Waals surface area contributed by atoms with Crippen molar-refractivity contribution in [2.75, 3.05) is 5.75 Å². The molecular formula is C11H10N2O3S. The Hall–Kier alpha value is -1.82. The van der Waals surface area contributed by atoms with Crippen molar-refractivity contribution >= 4 is 17.7 Å². The number of carboxylic acids is 1. The van der Waals surface area contributed by atoms with E-state index < -0.39 is 5.97 Å². The maximum Gasteiger partial charge on any atom is 0.314 e. The molecule has 2 aromatic rings. The lowest BCUT2D eigenvalue weighted by atomic mass is 10.1. The van der Waals surface area contributed by atoms with Gasteiger partial charge in [-0.25, -0.2) is 0 Å². The van der Waals surface area contributed by atoms with E-state index in [1.165, 1.54) is 0 Å². The highest BCUT2D eigenvalue weighted by Gasteiger charge is 2.10. The summed E-state index contributed by atoms with van der Waals surface area (Å²) in [5.41, 5.74) is 2.00. The van der Waals surface area contributed by atoms with Crippen LogP contribution in [0.2, 0.25) is 0 Å². The van der Waals surface area contributed by atoms with Crippen molar-refractivity contribution in [3.8, 4) is 11.4 Å². The summed E-state index contributed by atoms with van der Waals surface area (Å²) in [7, 11) is 0. The standard InChI is InChI=1S/C11H10N2O3S/c1-7-2-4-8(5-3-7)10-12-11(16-13-10)17-6-9(14)15/h2-5H,6H2,1H3,(H,14,15). The lowest BCUT2D eigenvalue weighted by molar-refractivity contribution is -0.133. The summed E-state index contributed by atoms with van der Waals surface area (Å²) in [6.45, 7) is 1.99. The molecule has 6 heteroatoms. The highest BCUT2D eigenvalue weighted by Crippen LogP contribution is 2.21. The first kappa shape index (κ1) is 11.7. The van der Waals surface area contributed by atoms with Gasteiger partial charge < -0.3 is 9.63 Å². The topological polar surface area (TPSA) is 76.2 Å². The first-order valence-corrected chi connectivity index (χ1v) is 5.89. The zero-order valence-electron chi connectivity index (χ0n) is 9.08. The molecule has 88 valence electrons. The summed E-state index contributed by atoms with van der Waals surface area (Å²) in [5, 5.41) is 12.6. The number of hydrogen-bond acceptors (Lipinski definition) is 5.